The number of halogens is 1. The lowest BCUT2D eigenvalue weighted by molar-refractivity contribution is -0.123. The molecule has 1 aliphatic heterocycles. The molecule has 0 spiro atoms. The van der Waals surface area contributed by atoms with Crippen molar-refractivity contribution >= 4 is 33.2 Å². The Kier molecular flexibility index (Phi) is 7.40. The highest BCUT2D eigenvalue weighted by Crippen LogP contribution is 2.42. The summed E-state index contributed by atoms with van der Waals surface area (Å²) in [6.45, 7) is 5.96. The van der Waals surface area contributed by atoms with Crippen LogP contribution in [0.1, 0.15) is 58.1 Å². The van der Waals surface area contributed by atoms with E-state index in [0.717, 1.165) is 34.7 Å². The van der Waals surface area contributed by atoms with Crippen molar-refractivity contribution in [2.24, 2.45) is 0 Å². The van der Waals surface area contributed by atoms with Crippen LogP contribution in [0.15, 0.2) is 48.5 Å². The van der Waals surface area contributed by atoms with Crippen LogP contribution in [-0.2, 0) is 14.8 Å². The quantitative estimate of drug-likeness (QED) is 0.573. The van der Waals surface area contributed by atoms with Gasteiger partial charge in [0.2, 0.25) is 15.9 Å². The molecule has 2 unspecified atom stereocenters. The lowest BCUT2D eigenvalue weighted by atomic mass is 9.83. The maximum atomic E-state index is 13.5. The predicted octanol–water partition coefficient (Wildman–Crippen LogP) is 5.08. The fourth-order valence-corrected chi connectivity index (χ4v) is 5.76. The number of sulfonamides is 1. The summed E-state index contributed by atoms with van der Waals surface area (Å²) in [5, 5.41) is 3.53. The van der Waals surface area contributed by atoms with Gasteiger partial charge >= 0.3 is 0 Å². The zero-order chi connectivity index (χ0) is 23.5. The molecule has 2 aromatic rings. The van der Waals surface area contributed by atoms with E-state index in [-0.39, 0.29) is 17.6 Å². The van der Waals surface area contributed by atoms with Crippen LogP contribution in [0.3, 0.4) is 0 Å². The summed E-state index contributed by atoms with van der Waals surface area (Å²) in [4.78, 5) is 13.5. The van der Waals surface area contributed by atoms with E-state index in [1.807, 2.05) is 24.3 Å². The number of benzene rings is 2. The van der Waals surface area contributed by atoms with Crippen molar-refractivity contribution < 1.29 is 17.9 Å². The van der Waals surface area contributed by atoms with Crippen molar-refractivity contribution in [1.82, 2.24) is 5.32 Å². The number of fused-ring (bicyclic) bond motifs is 1. The van der Waals surface area contributed by atoms with Gasteiger partial charge in [0.15, 0.2) is 0 Å². The molecule has 1 N–H and O–H groups in total. The number of anilines is 1. The minimum Gasteiger partial charge on any atom is -0.487 e. The van der Waals surface area contributed by atoms with Crippen molar-refractivity contribution in [3.05, 3.63) is 59.1 Å². The van der Waals surface area contributed by atoms with Crippen LogP contribution in [-0.4, -0.2) is 32.2 Å². The second-order valence-corrected chi connectivity index (χ2v) is 10.6. The van der Waals surface area contributed by atoms with Gasteiger partial charge in [-0.25, -0.2) is 8.42 Å². The van der Waals surface area contributed by atoms with Gasteiger partial charge in [-0.15, -0.1) is 0 Å². The van der Waals surface area contributed by atoms with Crippen molar-refractivity contribution in [3.8, 4) is 5.75 Å². The van der Waals surface area contributed by atoms with Crippen LogP contribution >= 0.6 is 11.6 Å². The summed E-state index contributed by atoms with van der Waals surface area (Å²) in [6.07, 6.45) is 3.64. The molecule has 0 aliphatic carbocycles. The standard InChI is InChI=1S/C24H31ClN2O4S/c1-5-21(27(32(4,29)30)18-12-10-11-17(25)15-18)23(28)26-20-16-24(6-2,7-3)31-22-14-9-8-13-19(20)22/h8-15,20-21H,5-7,16H2,1-4H3,(H,26,28). The lowest BCUT2D eigenvalue weighted by Gasteiger charge is -2.42. The van der Waals surface area contributed by atoms with Crippen molar-refractivity contribution in [3.63, 3.8) is 0 Å². The number of carbonyl (C=O) groups is 1. The Morgan fingerprint density at radius 1 is 1.19 bits per heavy atom. The minimum atomic E-state index is -3.74. The average Bonchev–Trinajstić information content (AvgIpc) is 2.76. The number of hydrogen-bond acceptors (Lipinski definition) is 4. The molecule has 3 rings (SSSR count). The number of ether oxygens (including phenoxy) is 1. The number of amides is 1. The second-order valence-electron chi connectivity index (χ2n) is 8.26. The number of carbonyl (C=O) groups excluding carboxylic acids is 1. The largest absolute Gasteiger partial charge is 0.487 e. The van der Waals surface area contributed by atoms with Crippen molar-refractivity contribution in [2.45, 2.75) is 64.1 Å². The van der Waals surface area contributed by atoms with E-state index in [1.165, 1.54) is 0 Å². The molecule has 1 aliphatic rings. The Labute approximate surface area is 196 Å². The van der Waals surface area contributed by atoms with Gasteiger partial charge in [0, 0.05) is 17.0 Å². The Bertz CT molecular complexity index is 1070. The third-order valence-corrected chi connectivity index (χ3v) is 7.61. The lowest BCUT2D eigenvalue weighted by Crippen LogP contribution is -2.52. The molecule has 0 saturated heterocycles. The van der Waals surface area contributed by atoms with E-state index < -0.39 is 16.1 Å². The van der Waals surface area contributed by atoms with Crippen LogP contribution in [0, 0.1) is 0 Å². The first kappa shape index (κ1) is 24.4. The van der Waals surface area contributed by atoms with Gasteiger partial charge in [0.05, 0.1) is 18.0 Å². The van der Waals surface area contributed by atoms with Gasteiger partial charge in [0.25, 0.3) is 0 Å². The molecule has 0 saturated carbocycles. The molecule has 1 amide bonds. The molecule has 0 fully saturated rings. The SMILES string of the molecule is CCC(C(=O)NC1CC(CC)(CC)Oc2ccccc21)N(c1cccc(Cl)c1)S(C)(=O)=O. The van der Waals surface area contributed by atoms with E-state index in [4.69, 9.17) is 16.3 Å². The Balaban J connectivity index is 1.96. The molecular weight excluding hydrogens is 448 g/mol. The first-order valence-corrected chi connectivity index (χ1v) is 13.2. The maximum Gasteiger partial charge on any atom is 0.244 e. The van der Waals surface area contributed by atoms with Crippen LogP contribution in [0.2, 0.25) is 5.02 Å². The van der Waals surface area contributed by atoms with Crippen molar-refractivity contribution in [2.75, 3.05) is 10.6 Å². The molecule has 2 atom stereocenters. The summed E-state index contributed by atoms with van der Waals surface area (Å²) < 4.78 is 32.9. The number of rotatable bonds is 8. The number of nitrogens with zero attached hydrogens (tertiary/aromatic N) is 1. The Morgan fingerprint density at radius 3 is 2.47 bits per heavy atom. The van der Waals surface area contributed by atoms with Gasteiger partial charge in [-0.3, -0.25) is 9.10 Å². The summed E-state index contributed by atoms with van der Waals surface area (Å²) in [6, 6.07) is 13.1. The van der Waals surface area contributed by atoms with Gasteiger partial charge in [0.1, 0.15) is 17.4 Å². The van der Waals surface area contributed by atoms with Crippen LogP contribution < -0.4 is 14.4 Å². The third kappa shape index (κ3) is 5.04. The molecule has 1 heterocycles. The smallest absolute Gasteiger partial charge is 0.244 e. The van der Waals surface area contributed by atoms with Crippen molar-refractivity contribution in [1.29, 1.82) is 0 Å². The molecule has 0 radical (unpaired) electrons. The van der Waals surface area contributed by atoms with E-state index in [0.29, 0.717) is 23.6 Å². The second kappa shape index (κ2) is 9.71. The van der Waals surface area contributed by atoms with E-state index in [1.54, 1.807) is 31.2 Å². The summed E-state index contributed by atoms with van der Waals surface area (Å²) in [7, 11) is -3.74. The highest BCUT2D eigenvalue weighted by molar-refractivity contribution is 7.92. The van der Waals surface area contributed by atoms with Crippen LogP contribution in [0.5, 0.6) is 5.75 Å². The number of nitrogens with one attached hydrogen (secondary N) is 1. The topological polar surface area (TPSA) is 75.7 Å². The van der Waals surface area contributed by atoms with E-state index in [2.05, 4.69) is 19.2 Å². The average molecular weight is 479 g/mol. The number of para-hydroxylation sites is 1. The molecule has 6 nitrogen and oxygen atoms in total. The van der Waals surface area contributed by atoms with Crippen LogP contribution in [0.4, 0.5) is 5.69 Å². The Morgan fingerprint density at radius 2 is 1.88 bits per heavy atom. The summed E-state index contributed by atoms with van der Waals surface area (Å²) in [5.41, 5.74) is 0.894. The zero-order valence-corrected chi connectivity index (χ0v) is 20.5. The van der Waals surface area contributed by atoms with Gasteiger partial charge in [-0.1, -0.05) is 56.6 Å². The van der Waals surface area contributed by atoms with E-state index in [9.17, 15) is 13.2 Å². The monoisotopic (exact) mass is 478 g/mol. The van der Waals surface area contributed by atoms with Gasteiger partial charge in [-0.05, 0) is 43.5 Å². The van der Waals surface area contributed by atoms with E-state index >= 15 is 0 Å². The van der Waals surface area contributed by atoms with Crippen LogP contribution in [0.25, 0.3) is 0 Å². The molecule has 0 bridgehead atoms. The molecular formula is C24H31ClN2O4S. The molecule has 0 aromatic heterocycles. The summed E-state index contributed by atoms with van der Waals surface area (Å²) in [5.74, 6) is 0.413. The maximum absolute atomic E-state index is 13.5. The van der Waals surface area contributed by atoms with Gasteiger partial charge < -0.3 is 10.1 Å². The molecule has 2 aromatic carbocycles. The Hall–Kier alpha value is -2.25. The fraction of sp³-hybridized carbons (Fsp3) is 0.458. The molecule has 8 heteroatoms. The first-order valence-electron chi connectivity index (χ1n) is 11.0. The first-order chi connectivity index (χ1) is 15.1. The highest BCUT2D eigenvalue weighted by Gasteiger charge is 2.40. The highest BCUT2D eigenvalue weighted by atomic mass is 35.5. The summed E-state index contributed by atoms with van der Waals surface area (Å²) >= 11 is 6.11. The zero-order valence-electron chi connectivity index (χ0n) is 19.0. The molecule has 32 heavy (non-hydrogen) atoms. The fourth-order valence-electron chi connectivity index (χ4n) is 4.37. The normalized spacial score (nSPS) is 18.2. The predicted molar refractivity (Wildman–Crippen MR) is 129 cm³/mol. The third-order valence-electron chi connectivity index (χ3n) is 6.19. The molecule has 174 valence electrons. The number of hydrogen-bond donors (Lipinski definition) is 1. The van der Waals surface area contributed by atoms with Gasteiger partial charge in [-0.2, -0.15) is 0 Å². The minimum absolute atomic E-state index is 0.276.